The molecule has 0 radical (unpaired) electrons. The van der Waals surface area contributed by atoms with Crippen LogP contribution in [0, 0.1) is 0 Å². The van der Waals surface area contributed by atoms with Crippen molar-refractivity contribution in [3.8, 4) is 28.7 Å². The van der Waals surface area contributed by atoms with E-state index in [1.165, 1.54) is 12.1 Å². The van der Waals surface area contributed by atoms with Gasteiger partial charge >= 0.3 is 12.4 Å². The second-order valence-corrected chi connectivity index (χ2v) is 9.65. The maximum atomic E-state index is 12.8. The van der Waals surface area contributed by atoms with E-state index < -0.39 is 24.5 Å². The number of halogens is 6. The summed E-state index contributed by atoms with van der Waals surface area (Å²) in [7, 11) is 0. The van der Waals surface area contributed by atoms with E-state index in [-0.39, 0.29) is 17.5 Å². The van der Waals surface area contributed by atoms with Gasteiger partial charge in [-0.1, -0.05) is 35.5 Å². The largest absolute Gasteiger partial charge is 0.484 e. The molecule has 1 aliphatic heterocycles. The van der Waals surface area contributed by atoms with Crippen molar-refractivity contribution >= 4 is 0 Å². The summed E-state index contributed by atoms with van der Waals surface area (Å²) in [5.74, 6) is 0.525. The highest BCUT2D eigenvalue weighted by Gasteiger charge is 2.30. The van der Waals surface area contributed by atoms with Gasteiger partial charge in [-0.2, -0.15) is 31.3 Å². The summed E-state index contributed by atoms with van der Waals surface area (Å²) in [6, 6.07) is 14.9. The maximum Gasteiger partial charge on any atom is 0.422 e. The number of ether oxygens (including phenoxy) is 1. The number of hydrogen-bond acceptors (Lipinski definition) is 7. The third kappa shape index (κ3) is 7.82. The summed E-state index contributed by atoms with van der Waals surface area (Å²) in [5, 5.41) is 3.86. The lowest BCUT2D eigenvalue weighted by molar-refractivity contribution is -0.153. The van der Waals surface area contributed by atoms with E-state index in [1.54, 1.807) is 36.5 Å². The van der Waals surface area contributed by atoms with Crippen molar-refractivity contribution in [1.82, 2.24) is 24.9 Å². The molecule has 216 valence electrons. The average Bonchev–Trinajstić information content (AvgIpc) is 3.44. The molecule has 3 heterocycles. The second kappa shape index (κ2) is 11.9. The molecular weight excluding hydrogens is 552 g/mol. The molecule has 2 aromatic heterocycles. The summed E-state index contributed by atoms with van der Waals surface area (Å²) in [5.41, 5.74) is 2.10. The Kier molecular flexibility index (Phi) is 8.27. The van der Waals surface area contributed by atoms with Crippen LogP contribution in [0.15, 0.2) is 71.4 Å². The van der Waals surface area contributed by atoms with Crippen molar-refractivity contribution in [2.75, 3.05) is 32.8 Å². The first-order valence-electron chi connectivity index (χ1n) is 12.7. The molecule has 5 rings (SSSR count). The van der Waals surface area contributed by atoms with Crippen LogP contribution in [-0.2, 0) is 19.3 Å². The SMILES string of the molecule is FC(F)(F)COc1ccc(CN2CCN(Cc3ccc(-c4nc(-c5ccc(C(F)(F)F)cc5)no4)nc3)CC2)cc1. The van der Waals surface area contributed by atoms with Gasteiger partial charge in [0.2, 0.25) is 5.82 Å². The number of pyridine rings is 1. The van der Waals surface area contributed by atoms with Crippen LogP contribution in [0.1, 0.15) is 16.7 Å². The van der Waals surface area contributed by atoms with Gasteiger partial charge in [0.1, 0.15) is 11.4 Å². The number of benzene rings is 2. The van der Waals surface area contributed by atoms with Crippen LogP contribution < -0.4 is 4.74 Å². The first-order chi connectivity index (χ1) is 19.5. The molecule has 4 aromatic rings. The summed E-state index contributed by atoms with van der Waals surface area (Å²) in [6.07, 6.45) is -7.06. The fourth-order valence-corrected chi connectivity index (χ4v) is 4.38. The Hall–Kier alpha value is -3.97. The van der Waals surface area contributed by atoms with Crippen LogP contribution in [-0.4, -0.2) is 63.9 Å². The van der Waals surface area contributed by atoms with Gasteiger partial charge in [0.05, 0.1) is 5.56 Å². The lowest BCUT2D eigenvalue weighted by atomic mass is 10.1. The molecule has 0 saturated carbocycles. The van der Waals surface area contributed by atoms with Crippen LogP contribution >= 0.6 is 0 Å². The Bertz CT molecular complexity index is 1410. The van der Waals surface area contributed by atoms with E-state index in [0.29, 0.717) is 24.3 Å². The Morgan fingerprint density at radius 1 is 0.756 bits per heavy atom. The molecule has 0 N–H and O–H groups in total. The monoisotopic (exact) mass is 577 g/mol. The fourth-order valence-electron chi connectivity index (χ4n) is 4.38. The number of alkyl halides is 6. The van der Waals surface area contributed by atoms with Gasteiger partial charge in [-0.25, -0.2) is 0 Å². The van der Waals surface area contributed by atoms with Crippen molar-refractivity contribution in [3.63, 3.8) is 0 Å². The summed E-state index contributed by atoms with van der Waals surface area (Å²) in [4.78, 5) is 13.3. The van der Waals surface area contributed by atoms with Gasteiger partial charge in [0, 0.05) is 51.0 Å². The molecule has 0 aliphatic carbocycles. The number of rotatable bonds is 8. The minimum Gasteiger partial charge on any atom is -0.484 e. The highest BCUT2D eigenvalue weighted by Crippen LogP contribution is 2.31. The van der Waals surface area contributed by atoms with E-state index in [1.807, 2.05) is 6.07 Å². The fraction of sp³-hybridized carbons (Fsp3) is 0.321. The highest BCUT2D eigenvalue weighted by atomic mass is 19.4. The summed E-state index contributed by atoms with van der Waals surface area (Å²) >= 11 is 0. The minimum absolute atomic E-state index is 0.167. The average molecular weight is 578 g/mol. The highest BCUT2D eigenvalue weighted by molar-refractivity contribution is 5.58. The Morgan fingerprint density at radius 3 is 1.93 bits per heavy atom. The zero-order valence-corrected chi connectivity index (χ0v) is 21.6. The molecule has 7 nitrogen and oxygen atoms in total. The summed E-state index contributed by atoms with van der Waals surface area (Å²) < 4.78 is 85.3. The lowest BCUT2D eigenvalue weighted by Gasteiger charge is -2.34. The smallest absolute Gasteiger partial charge is 0.422 e. The predicted octanol–water partition coefficient (Wildman–Crippen LogP) is 6.08. The van der Waals surface area contributed by atoms with E-state index >= 15 is 0 Å². The third-order valence-corrected chi connectivity index (χ3v) is 6.54. The second-order valence-electron chi connectivity index (χ2n) is 9.65. The lowest BCUT2D eigenvalue weighted by Crippen LogP contribution is -2.45. The maximum absolute atomic E-state index is 12.8. The van der Waals surface area contributed by atoms with Crippen LogP contribution in [0.5, 0.6) is 5.75 Å². The molecule has 1 saturated heterocycles. The van der Waals surface area contributed by atoms with Crippen molar-refractivity contribution in [1.29, 1.82) is 0 Å². The quantitative estimate of drug-likeness (QED) is 0.235. The number of aromatic nitrogens is 3. The zero-order chi connectivity index (χ0) is 29.0. The van der Waals surface area contributed by atoms with Crippen molar-refractivity contribution in [2.24, 2.45) is 0 Å². The molecular formula is C28H25F6N5O2. The van der Waals surface area contributed by atoms with Gasteiger partial charge in [-0.3, -0.25) is 14.8 Å². The number of nitrogens with zero attached hydrogens (tertiary/aromatic N) is 5. The molecule has 0 atom stereocenters. The Balaban J connectivity index is 1.09. The van der Waals surface area contributed by atoms with Crippen molar-refractivity contribution < 1.29 is 35.6 Å². The molecule has 41 heavy (non-hydrogen) atoms. The first kappa shape index (κ1) is 28.6. The predicted molar refractivity (Wildman–Crippen MR) is 137 cm³/mol. The Labute approximate surface area is 231 Å². The summed E-state index contributed by atoms with van der Waals surface area (Å²) in [6.45, 7) is 3.45. The molecule has 0 spiro atoms. The molecule has 13 heteroatoms. The van der Waals surface area contributed by atoms with Crippen LogP contribution in [0.25, 0.3) is 23.0 Å². The van der Waals surface area contributed by atoms with Gasteiger partial charge in [-0.15, -0.1) is 0 Å². The molecule has 0 bridgehead atoms. The first-order valence-corrected chi connectivity index (χ1v) is 12.7. The Morgan fingerprint density at radius 2 is 1.37 bits per heavy atom. The van der Waals surface area contributed by atoms with Gasteiger partial charge in [-0.05, 0) is 41.5 Å². The number of hydrogen-bond donors (Lipinski definition) is 0. The van der Waals surface area contributed by atoms with E-state index in [0.717, 1.165) is 49.4 Å². The minimum atomic E-state index is -4.42. The van der Waals surface area contributed by atoms with E-state index in [4.69, 9.17) is 9.26 Å². The molecule has 1 fully saturated rings. The van der Waals surface area contributed by atoms with Crippen molar-refractivity contribution in [2.45, 2.75) is 25.4 Å². The van der Waals surface area contributed by atoms with Gasteiger partial charge in [0.15, 0.2) is 6.61 Å². The van der Waals surface area contributed by atoms with E-state index in [9.17, 15) is 26.3 Å². The van der Waals surface area contributed by atoms with Crippen LogP contribution in [0.4, 0.5) is 26.3 Å². The van der Waals surface area contributed by atoms with Crippen LogP contribution in [0.3, 0.4) is 0 Å². The van der Waals surface area contributed by atoms with E-state index in [2.05, 4.69) is 24.9 Å². The zero-order valence-electron chi connectivity index (χ0n) is 21.6. The molecule has 1 aliphatic rings. The van der Waals surface area contributed by atoms with Crippen LogP contribution in [0.2, 0.25) is 0 Å². The van der Waals surface area contributed by atoms with Gasteiger partial charge in [0.25, 0.3) is 5.89 Å². The molecule has 0 unspecified atom stereocenters. The number of piperazine rings is 1. The van der Waals surface area contributed by atoms with Gasteiger partial charge < -0.3 is 9.26 Å². The third-order valence-electron chi connectivity index (χ3n) is 6.54. The standard InChI is InChI=1S/C28H25F6N5O2/c29-27(30,31)18-40-23-8-1-19(2-9-23)16-38-11-13-39(14-12-38)17-20-3-10-24(35-15-20)26-36-25(37-41-26)21-4-6-22(7-5-21)28(32,33)34/h1-10,15H,11-14,16-18H2. The normalized spacial score (nSPS) is 15.3. The molecule has 0 amide bonds. The topological polar surface area (TPSA) is 67.5 Å². The molecule has 2 aromatic carbocycles. The van der Waals surface area contributed by atoms with Crippen molar-refractivity contribution in [3.05, 3.63) is 83.6 Å².